The predicted molar refractivity (Wildman–Crippen MR) is 99.1 cm³/mol. The monoisotopic (exact) mass is 355 g/mol. The van der Waals surface area contributed by atoms with Gasteiger partial charge in [-0.1, -0.05) is 67.6 Å². The topological polar surface area (TPSA) is 66.8 Å². The number of carbonyl (C=O) groups excluding carboxylic acids is 1. The van der Waals surface area contributed by atoms with Crippen LogP contribution in [0.3, 0.4) is 0 Å². The molecule has 0 saturated heterocycles. The Bertz CT molecular complexity index is 675. The van der Waals surface area contributed by atoms with Gasteiger partial charge in [-0.25, -0.2) is 5.06 Å². The number of nitrogens with zero attached hydrogens (tertiary/aromatic N) is 1. The molecule has 0 aliphatic carbocycles. The highest BCUT2D eigenvalue weighted by atomic mass is 16.7. The third kappa shape index (κ3) is 5.70. The average molecular weight is 355 g/mol. The van der Waals surface area contributed by atoms with Crippen molar-refractivity contribution in [2.75, 3.05) is 0 Å². The Morgan fingerprint density at radius 1 is 1.08 bits per heavy atom. The fraction of sp³-hybridized carbons (Fsp3) is 0.333. The highest BCUT2D eigenvalue weighted by Crippen LogP contribution is 2.21. The van der Waals surface area contributed by atoms with Gasteiger partial charge in [0.25, 0.3) is 0 Å². The van der Waals surface area contributed by atoms with Crippen LogP contribution >= 0.6 is 0 Å². The van der Waals surface area contributed by atoms with Gasteiger partial charge in [-0.3, -0.25) is 14.4 Å². The van der Waals surface area contributed by atoms with Gasteiger partial charge in [0, 0.05) is 0 Å². The largest absolute Gasteiger partial charge is 0.481 e. The Kier molecular flexibility index (Phi) is 7.83. The molecule has 0 unspecified atom stereocenters. The van der Waals surface area contributed by atoms with E-state index in [9.17, 15) is 14.7 Å². The van der Waals surface area contributed by atoms with Gasteiger partial charge in [-0.15, -0.1) is 0 Å². The molecule has 0 radical (unpaired) electrons. The highest BCUT2D eigenvalue weighted by Gasteiger charge is 2.32. The third-order valence-corrected chi connectivity index (χ3v) is 4.44. The molecule has 0 saturated carbocycles. The Labute approximate surface area is 154 Å². The number of carbonyl (C=O) groups is 2. The average Bonchev–Trinajstić information content (AvgIpc) is 2.68. The first kappa shape index (κ1) is 19.7. The summed E-state index contributed by atoms with van der Waals surface area (Å²) in [6.45, 7) is 2.09. The first-order valence-corrected chi connectivity index (χ1v) is 8.83. The minimum absolute atomic E-state index is 0.223. The standard InChI is InChI=1S/C21H25NO4/c1-2-20(22(16-23)26-15-18-11-7-4-8-12-18)19(21(24)25)14-13-17-9-5-3-6-10-17/h3-12,16,19-20H,2,13-15H2,1H3,(H,24,25)/t19-,20-/m1/s1. The number of aliphatic carboxylic acids is 1. The maximum Gasteiger partial charge on any atom is 0.308 e. The van der Waals surface area contributed by atoms with Gasteiger partial charge in [0.1, 0.15) is 6.61 Å². The molecule has 26 heavy (non-hydrogen) atoms. The number of benzene rings is 2. The SMILES string of the molecule is CC[C@H]([C@@H](CCc1ccccc1)C(=O)O)N(C=O)OCc1ccccc1. The number of aryl methyl sites for hydroxylation is 1. The summed E-state index contributed by atoms with van der Waals surface area (Å²) in [6.07, 6.45) is 2.16. The molecule has 0 aromatic heterocycles. The number of carboxylic acid groups (broad SMARTS) is 1. The van der Waals surface area contributed by atoms with Crippen molar-refractivity contribution in [1.82, 2.24) is 5.06 Å². The lowest BCUT2D eigenvalue weighted by Gasteiger charge is -2.31. The van der Waals surface area contributed by atoms with Gasteiger partial charge in [0.15, 0.2) is 0 Å². The van der Waals surface area contributed by atoms with Gasteiger partial charge >= 0.3 is 5.97 Å². The van der Waals surface area contributed by atoms with Crippen molar-refractivity contribution in [2.45, 2.75) is 38.8 Å². The van der Waals surface area contributed by atoms with E-state index in [2.05, 4.69) is 0 Å². The highest BCUT2D eigenvalue weighted by molar-refractivity contribution is 5.71. The minimum atomic E-state index is -0.914. The van der Waals surface area contributed by atoms with Crippen LogP contribution in [0.2, 0.25) is 0 Å². The molecule has 2 aromatic carbocycles. The molecule has 2 aromatic rings. The number of hydroxylamine groups is 2. The second-order valence-corrected chi connectivity index (χ2v) is 6.17. The van der Waals surface area contributed by atoms with Gasteiger partial charge in [-0.2, -0.15) is 0 Å². The summed E-state index contributed by atoms with van der Waals surface area (Å²) in [4.78, 5) is 29.0. The van der Waals surface area contributed by atoms with E-state index in [4.69, 9.17) is 4.84 Å². The van der Waals surface area contributed by atoms with Gasteiger partial charge in [-0.05, 0) is 30.4 Å². The van der Waals surface area contributed by atoms with Crippen molar-refractivity contribution < 1.29 is 19.5 Å². The number of hydrogen-bond donors (Lipinski definition) is 1. The van der Waals surface area contributed by atoms with Crippen molar-refractivity contribution in [3.05, 3.63) is 71.8 Å². The molecule has 2 rings (SSSR count). The van der Waals surface area contributed by atoms with Gasteiger partial charge < -0.3 is 5.11 Å². The molecule has 5 nitrogen and oxygen atoms in total. The molecule has 0 spiro atoms. The maximum absolute atomic E-state index is 11.8. The quantitative estimate of drug-likeness (QED) is 0.493. The minimum Gasteiger partial charge on any atom is -0.481 e. The zero-order chi connectivity index (χ0) is 18.8. The Balaban J connectivity index is 2.04. The predicted octanol–water partition coefficient (Wildman–Crippen LogP) is 3.69. The Hall–Kier alpha value is -2.66. The molecule has 0 aliphatic rings. The number of carboxylic acids is 1. The summed E-state index contributed by atoms with van der Waals surface area (Å²) < 4.78 is 0. The molecule has 1 amide bonds. The van der Waals surface area contributed by atoms with E-state index in [0.717, 1.165) is 16.2 Å². The molecule has 5 heteroatoms. The summed E-state index contributed by atoms with van der Waals surface area (Å²) in [5.41, 5.74) is 2.00. The molecule has 0 fully saturated rings. The van der Waals surface area contributed by atoms with Crippen LogP contribution in [0.1, 0.15) is 30.9 Å². The Morgan fingerprint density at radius 3 is 2.15 bits per heavy atom. The summed E-state index contributed by atoms with van der Waals surface area (Å²) in [7, 11) is 0. The molecule has 1 N–H and O–H groups in total. The van der Waals surface area contributed by atoms with Crippen molar-refractivity contribution >= 4 is 12.4 Å². The fourth-order valence-corrected chi connectivity index (χ4v) is 3.02. The van der Waals surface area contributed by atoms with E-state index < -0.39 is 17.9 Å². The second-order valence-electron chi connectivity index (χ2n) is 6.17. The normalized spacial score (nSPS) is 13.0. The van der Waals surface area contributed by atoms with Crippen molar-refractivity contribution in [1.29, 1.82) is 0 Å². The third-order valence-electron chi connectivity index (χ3n) is 4.44. The first-order valence-electron chi connectivity index (χ1n) is 8.83. The van der Waals surface area contributed by atoms with Crippen LogP contribution in [0.15, 0.2) is 60.7 Å². The van der Waals surface area contributed by atoms with Gasteiger partial charge in [0.2, 0.25) is 6.41 Å². The van der Waals surface area contributed by atoms with E-state index in [1.165, 1.54) is 0 Å². The molecule has 0 heterocycles. The zero-order valence-electron chi connectivity index (χ0n) is 15.0. The van der Waals surface area contributed by atoms with Crippen LogP contribution in [0, 0.1) is 5.92 Å². The van der Waals surface area contributed by atoms with Crippen molar-refractivity contribution in [3.8, 4) is 0 Å². The van der Waals surface area contributed by atoms with E-state index in [1.807, 2.05) is 67.6 Å². The van der Waals surface area contributed by atoms with Crippen molar-refractivity contribution in [3.63, 3.8) is 0 Å². The van der Waals surface area contributed by atoms with E-state index >= 15 is 0 Å². The van der Waals surface area contributed by atoms with Crippen LogP contribution in [-0.4, -0.2) is 28.6 Å². The van der Waals surface area contributed by atoms with E-state index in [0.29, 0.717) is 25.7 Å². The van der Waals surface area contributed by atoms with Crippen molar-refractivity contribution in [2.24, 2.45) is 5.92 Å². The lowest BCUT2D eigenvalue weighted by Crippen LogP contribution is -2.42. The second kappa shape index (κ2) is 10.4. The summed E-state index contributed by atoms with van der Waals surface area (Å²) in [5, 5.41) is 10.8. The smallest absolute Gasteiger partial charge is 0.308 e. The van der Waals surface area contributed by atoms with Crippen LogP contribution < -0.4 is 0 Å². The summed E-state index contributed by atoms with van der Waals surface area (Å²) in [6, 6.07) is 18.7. The fourth-order valence-electron chi connectivity index (χ4n) is 3.02. The molecular weight excluding hydrogens is 330 g/mol. The lowest BCUT2D eigenvalue weighted by molar-refractivity contribution is -0.202. The number of hydrogen-bond acceptors (Lipinski definition) is 3. The molecule has 0 bridgehead atoms. The van der Waals surface area contributed by atoms with E-state index in [-0.39, 0.29) is 6.61 Å². The van der Waals surface area contributed by atoms with Crippen LogP contribution in [0.25, 0.3) is 0 Å². The lowest BCUT2D eigenvalue weighted by atomic mass is 9.91. The summed E-state index contributed by atoms with van der Waals surface area (Å²) >= 11 is 0. The van der Waals surface area contributed by atoms with Crippen LogP contribution in [0.5, 0.6) is 0 Å². The molecule has 138 valence electrons. The zero-order valence-corrected chi connectivity index (χ0v) is 15.0. The van der Waals surface area contributed by atoms with E-state index in [1.54, 1.807) is 0 Å². The first-order chi connectivity index (χ1) is 12.7. The van der Waals surface area contributed by atoms with Gasteiger partial charge in [0.05, 0.1) is 12.0 Å². The molecule has 0 aliphatic heterocycles. The maximum atomic E-state index is 11.8. The molecule has 2 atom stereocenters. The number of rotatable bonds is 11. The Morgan fingerprint density at radius 2 is 1.65 bits per heavy atom. The number of amides is 1. The van der Waals surface area contributed by atoms with Crippen LogP contribution in [0.4, 0.5) is 0 Å². The summed E-state index contributed by atoms with van der Waals surface area (Å²) in [5.74, 6) is -1.61. The van der Waals surface area contributed by atoms with Crippen LogP contribution in [-0.2, 0) is 27.5 Å². The molecular formula is C21H25NO4.